The molecule has 3 heterocycles. The number of carbonyl (C=O) groups excluding carboxylic acids is 1. The highest BCUT2D eigenvalue weighted by Crippen LogP contribution is 2.45. The minimum atomic E-state index is -0.403. The van der Waals surface area contributed by atoms with Crippen molar-refractivity contribution in [3.8, 4) is 11.5 Å². The average molecular weight is 394 g/mol. The number of carbonyl (C=O) groups is 1. The lowest BCUT2D eigenvalue weighted by Crippen LogP contribution is -2.33. The second-order valence-corrected chi connectivity index (χ2v) is 7.90. The Morgan fingerprint density at radius 3 is 3.00 bits per heavy atom. The molecule has 1 aliphatic heterocycles. The van der Waals surface area contributed by atoms with Crippen LogP contribution in [0.4, 0.5) is 5.95 Å². The zero-order valence-corrected chi connectivity index (χ0v) is 15.9. The van der Waals surface area contributed by atoms with E-state index in [0.29, 0.717) is 23.7 Å². The smallest absolute Gasteiger partial charge is 0.226 e. The molecule has 7 nitrogen and oxygen atoms in total. The molecule has 2 N–H and O–H groups in total. The number of methoxy groups -OCH3 is 1. The Morgan fingerprint density at radius 2 is 2.21 bits per heavy atom. The second-order valence-electron chi connectivity index (χ2n) is 6.92. The average Bonchev–Trinajstić information content (AvgIpc) is 3.38. The fourth-order valence-corrected chi connectivity index (χ4v) is 4.88. The molecule has 0 amide bonds. The third kappa shape index (κ3) is 2.60. The van der Waals surface area contributed by atoms with Gasteiger partial charge in [0, 0.05) is 28.5 Å². The van der Waals surface area contributed by atoms with Crippen molar-refractivity contribution < 1.29 is 14.6 Å². The summed E-state index contributed by atoms with van der Waals surface area (Å²) in [5.41, 5.74) is 2.42. The number of hydrogen-bond donors (Lipinski definition) is 2. The van der Waals surface area contributed by atoms with E-state index in [1.54, 1.807) is 34.2 Å². The molecule has 0 saturated heterocycles. The van der Waals surface area contributed by atoms with Crippen molar-refractivity contribution in [2.45, 2.75) is 24.8 Å². The molecule has 0 bridgehead atoms. The molecule has 0 spiro atoms. The van der Waals surface area contributed by atoms with Crippen LogP contribution in [0.2, 0.25) is 0 Å². The van der Waals surface area contributed by atoms with Gasteiger partial charge in [-0.15, -0.1) is 11.3 Å². The van der Waals surface area contributed by atoms with E-state index in [1.807, 2.05) is 11.4 Å². The van der Waals surface area contributed by atoms with Crippen LogP contribution in [-0.4, -0.2) is 32.8 Å². The van der Waals surface area contributed by atoms with Gasteiger partial charge < -0.3 is 15.2 Å². The number of benzene rings is 1. The van der Waals surface area contributed by atoms with E-state index in [0.717, 1.165) is 17.7 Å². The van der Waals surface area contributed by atoms with Crippen LogP contribution >= 0.6 is 11.3 Å². The van der Waals surface area contributed by atoms with Gasteiger partial charge in [0.25, 0.3) is 0 Å². The largest absolute Gasteiger partial charge is 0.504 e. The number of phenolic OH excluding ortho intramolecular Hbond substituents is 1. The summed E-state index contributed by atoms with van der Waals surface area (Å²) < 4.78 is 6.98. The van der Waals surface area contributed by atoms with Crippen molar-refractivity contribution >= 4 is 23.1 Å². The third-order valence-corrected chi connectivity index (χ3v) is 6.36. The van der Waals surface area contributed by atoms with Crippen molar-refractivity contribution in [3.63, 3.8) is 0 Å². The van der Waals surface area contributed by atoms with E-state index in [9.17, 15) is 9.90 Å². The molecular formula is C20H18N4O3S. The van der Waals surface area contributed by atoms with Crippen molar-refractivity contribution in [3.05, 3.63) is 63.7 Å². The van der Waals surface area contributed by atoms with Crippen LogP contribution in [0, 0.1) is 0 Å². The summed E-state index contributed by atoms with van der Waals surface area (Å²) in [4.78, 5) is 18.8. The number of nitrogens with zero attached hydrogens (tertiary/aromatic N) is 3. The lowest BCUT2D eigenvalue weighted by Gasteiger charge is -2.34. The van der Waals surface area contributed by atoms with Gasteiger partial charge in [0.05, 0.1) is 7.11 Å². The zero-order chi connectivity index (χ0) is 19.3. The number of anilines is 1. The first kappa shape index (κ1) is 17.0. The molecule has 1 aliphatic carbocycles. The van der Waals surface area contributed by atoms with Crippen molar-refractivity contribution in [2.75, 3.05) is 12.4 Å². The first-order valence-corrected chi connectivity index (χ1v) is 9.86. The molecule has 0 fully saturated rings. The molecule has 3 aromatic rings. The molecule has 8 heteroatoms. The molecule has 2 aromatic heterocycles. The molecule has 28 heavy (non-hydrogen) atoms. The Morgan fingerprint density at radius 1 is 1.32 bits per heavy atom. The number of allylic oxidation sites excluding steroid dienone is 2. The van der Waals surface area contributed by atoms with E-state index < -0.39 is 6.04 Å². The van der Waals surface area contributed by atoms with Crippen molar-refractivity contribution in [1.82, 2.24) is 14.8 Å². The molecule has 2 atom stereocenters. The number of ether oxygens (including phenoxy) is 1. The number of thiophene rings is 1. The highest BCUT2D eigenvalue weighted by Gasteiger charge is 2.39. The Labute approximate surface area is 165 Å². The minimum Gasteiger partial charge on any atom is -0.504 e. The van der Waals surface area contributed by atoms with Gasteiger partial charge in [-0.1, -0.05) is 12.1 Å². The summed E-state index contributed by atoms with van der Waals surface area (Å²) in [6.45, 7) is 0. The van der Waals surface area contributed by atoms with E-state index in [-0.39, 0.29) is 17.5 Å². The fourth-order valence-electron chi connectivity index (χ4n) is 4.05. The maximum atomic E-state index is 13.2. The number of rotatable bonds is 3. The molecule has 0 radical (unpaired) electrons. The van der Waals surface area contributed by atoms with Crippen LogP contribution in [0.5, 0.6) is 11.5 Å². The Kier molecular flexibility index (Phi) is 3.94. The number of fused-ring (bicyclic) bond motifs is 1. The molecule has 2 unspecified atom stereocenters. The van der Waals surface area contributed by atoms with Gasteiger partial charge in [0.1, 0.15) is 12.4 Å². The summed E-state index contributed by atoms with van der Waals surface area (Å²) in [6, 6.07) is 8.82. The third-order valence-electron chi connectivity index (χ3n) is 5.33. The quantitative estimate of drug-likeness (QED) is 0.707. The molecule has 0 saturated carbocycles. The van der Waals surface area contributed by atoms with Crippen LogP contribution in [0.3, 0.4) is 0 Å². The molecular weight excluding hydrogens is 376 g/mol. The summed E-state index contributed by atoms with van der Waals surface area (Å²) in [7, 11) is 1.50. The standard InChI is InChI=1S/C20H18N4O3S/c1-27-16-9-11(4-5-14(16)25)19-18-13(23-20-21-10-22-24(19)20)7-12(8-15(18)26)17-3-2-6-28-17/h2-6,9-10,12,19,25H,7-8H2,1H3,(H,21,22,23). The maximum absolute atomic E-state index is 13.2. The van der Waals surface area contributed by atoms with Gasteiger partial charge >= 0.3 is 0 Å². The summed E-state index contributed by atoms with van der Waals surface area (Å²) >= 11 is 1.68. The number of aromatic nitrogens is 3. The van der Waals surface area contributed by atoms with E-state index >= 15 is 0 Å². The van der Waals surface area contributed by atoms with Crippen LogP contribution in [0.25, 0.3) is 0 Å². The Hall–Kier alpha value is -3.13. The normalized spacial score (nSPS) is 21.1. The van der Waals surface area contributed by atoms with Crippen molar-refractivity contribution in [2.24, 2.45) is 0 Å². The van der Waals surface area contributed by atoms with Crippen LogP contribution < -0.4 is 10.1 Å². The summed E-state index contributed by atoms with van der Waals surface area (Å²) in [6.07, 6.45) is 2.70. The number of ketones is 1. The van der Waals surface area contributed by atoms with Gasteiger partial charge in [-0.05, 0) is 35.6 Å². The lowest BCUT2D eigenvalue weighted by molar-refractivity contribution is -0.116. The number of Topliss-reactive ketones (excluding diaryl/α,β-unsaturated/α-hetero) is 1. The van der Waals surface area contributed by atoms with Gasteiger partial charge in [0.15, 0.2) is 17.3 Å². The molecule has 142 valence electrons. The minimum absolute atomic E-state index is 0.0564. The van der Waals surface area contributed by atoms with Crippen LogP contribution in [0.15, 0.2) is 53.3 Å². The van der Waals surface area contributed by atoms with Gasteiger partial charge in [-0.3, -0.25) is 4.79 Å². The maximum Gasteiger partial charge on any atom is 0.226 e. The monoisotopic (exact) mass is 394 g/mol. The van der Waals surface area contributed by atoms with Crippen LogP contribution in [-0.2, 0) is 4.79 Å². The number of nitrogens with one attached hydrogen (secondary N) is 1. The van der Waals surface area contributed by atoms with E-state index in [4.69, 9.17) is 4.74 Å². The Bertz CT molecular complexity index is 1090. The SMILES string of the molecule is COc1cc(C2C3=C(CC(c4cccs4)CC3=O)Nc3ncnn32)ccc1O. The van der Waals surface area contributed by atoms with Gasteiger partial charge in [0.2, 0.25) is 5.95 Å². The predicted octanol–water partition coefficient (Wildman–Crippen LogP) is 3.47. The molecule has 5 rings (SSSR count). The molecule has 2 aliphatic rings. The first-order chi connectivity index (χ1) is 13.7. The van der Waals surface area contributed by atoms with Crippen molar-refractivity contribution in [1.29, 1.82) is 0 Å². The predicted molar refractivity (Wildman–Crippen MR) is 105 cm³/mol. The highest BCUT2D eigenvalue weighted by atomic mass is 32.1. The van der Waals surface area contributed by atoms with Gasteiger partial charge in [-0.2, -0.15) is 10.1 Å². The summed E-state index contributed by atoms with van der Waals surface area (Å²) in [5, 5.41) is 19.7. The van der Waals surface area contributed by atoms with Gasteiger partial charge in [-0.25, -0.2) is 4.68 Å². The zero-order valence-electron chi connectivity index (χ0n) is 15.1. The topological polar surface area (TPSA) is 89.3 Å². The number of aromatic hydroxyl groups is 1. The van der Waals surface area contributed by atoms with E-state index in [1.165, 1.54) is 18.3 Å². The summed E-state index contributed by atoms with van der Waals surface area (Å²) in [5.74, 6) is 1.30. The second kappa shape index (κ2) is 6.49. The lowest BCUT2D eigenvalue weighted by atomic mass is 9.80. The number of hydrogen-bond acceptors (Lipinski definition) is 7. The highest BCUT2D eigenvalue weighted by molar-refractivity contribution is 7.10. The van der Waals surface area contributed by atoms with Crippen LogP contribution in [0.1, 0.15) is 35.2 Å². The first-order valence-electron chi connectivity index (χ1n) is 8.98. The molecule has 1 aromatic carbocycles. The number of phenols is 1. The Balaban J connectivity index is 1.63. The van der Waals surface area contributed by atoms with E-state index in [2.05, 4.69) is 21.5 Å². The fraction of sp³-hybridized carbons (Fsp3) is 0.250.